The van der Waals surface area contributed by atoms with Gasteiger partial charge < -0.3 is 49.6 Å². The highest BCUT2D eigenvalue weighted by Gasteiger charge is 2.41. The Kier molecular flexibility index (Phi) is 20.5. The predicted octanol–water partition coefficient (Wildman–Crippen LogP) is 6.49. The summed E-state index contributed by atoms with van der Waals surface area (Å²) in [5.41, 5.74) is 4.65. The van der Waals surface area contributed by atoms with Gasteiger partial charge in [-0.2, -0.15) is 13.2 Å². The topological polar surface area (TPSA) is 179 Å². The summed E-state index contributed by atoms with van der Waals surface area (Å²) < 4.78 is 55.6. The number of anilines is 1. The number of aliphatic carboxylic acids is 1. The van der Waals surface area contributed by atoms with E-state index in [9.17, 15) is 32.7 Å². The van der Waals surface area contributed by atoms with Crippen molar-refractivity contribution in [1.82, 2.24) is 20.0 Å². The van der Waals surface area contributed by atoms with E-state index in [0.29, 0.717) is 96.5 Å². The summed E-state index contributed by atoms with van der Waals surface area (Å²) in [4.78, 5) is 53.9. The number of rotatable bonds is 21. The normalized spacial score (nSPS) is 17.3. The number of likely N-dealkylation sites (tertiary alicyclic amines) is 1. The molecule has 3 aromatic carbocycles. The zero-order valence-corrected chi connectivity index (χ0v) is 39.4. The number of nitrogens with one attached hydrogen (secondary N) is 2. The van der Waals surface area contributed by atoms with Crippen molar-refractivity contribution in [3.63, 3.8) is 0 Å². The second kappa shape index (κ2) is 26.6. The number of fused-ring (bicyclic) bond motifs is 1. The molecule has 15 nitrogen and oxygen atoms in total. The van der Waals surface area contributed by atoms with Crippen molar-refractivity contribution in [1.29, 1.82) is 0 Å². The molecule has 3 fully saturated rings. The van der Waals surface area contributed by atoms with Gasteiger partial charge in [-0.1, -0.05) is 79.9 Å². The van der Waals surface area contributed by atoms with Crippen LogP contribution in [0.5, 0.6) is 11.5 Å². The molecule has 4 N–H and O–H groups in total. The minimum Gasteiger partial charge on any atom is -0.506 e. The third kappa shape index (κ3) is 17.0. The number of nitrogens with zero attached hydrogens (tertiary/aromatic N) is 3. The lowest BCUT2D eigenvalue weighted by Crippen LogP contribution is -2.57. The van der Waals surface area contributed by atoms with E-state index in [-0.39, 0.29) is 41.7 Å². The van der Waals surface area contributed by atoms with Gasteiger partial charge in [-0.25, -0.2) is 4.79 Å². The van der Waals surface area contributed by atoms with Crippen molar-refractivity contribution in [2.75, 3.05) is 84.2 Å². The van der Waals surface area contributed by atoms with Gasteiger partial charge in [0.25, 0.3) is 5.91 Å². The Bertz CT molecular complexity index is 2120. The maximum atomic E-state index is 13.6. The molecule has 1 spiro atoms. The van der Waals surface area contributed by atoms with Crippen LogP contribution in [-0.2, 0) is 59.4 Å². The van der Waals surface area contributed by atoms with Gasteiger partial charge in [0.2, 0.25) is 11.8 Å². The number of amides is 3. The fourth-order valence-corrected chi connectivity index (χ4v) is 9.33. The van der Waals surface area contributed by atoms with Crippen molar-refractivity contribution >= 4 is 29.4 Å². The Balaban J connectivity index is 0.00000104. The zero-order valence-electron chi connectivity index (χ0n) is 39.4. The predicted molar refractivity (Wildman–Crippen MR) is 252 cm³/mol. The first-order chi connectivity index (χ1) is 33.3. The van der Waals surface area contributed by atoms with Crippen LogP contribution in [0.15, 0.2) is 66.7 Å². The third-order valence-electron chi connectivity index (χ3n) is 13.1. The summed E-state index contributed by atoms with van der Waals surface area (Å²) in [5.74, 6) is -2.17. The standard InChI is InChI=1S/C49H67N5O8.C2HF3O2/c55-43-17-16-41(48-47(43)51-44(56)36-61-48)18-23-50-24-27-54(42-13-5-2-6-14-42)46(58)20-31-59-30-19-38-11-7-12-40(33-38)34-52-25-21-49(22-26-52)37-53(28-32-62-49)45(57)15-8-29-60-35-39-9-3-1-4-10-39;3-2(4,5)1(6)7/h1,3-4,7,9-12,16-17,33,42,50,55H,2,5-6,8,13-15,18-32,34-37H2,(H,51,56);(H,6,7). The van der Waals surface area contributed by atoms with Gasteiger partial charge in [-0.3, -0.25) is 19.3 Å². The summed E-state index contributed by atoms with van der Waals surface area (Å²) in [6.07, 6.45) is 5.43. The SMILES string of the molecule is O=C(O)C(F)(F)F.O=C1COc2c(CCNCCN(C(=O)CCOCCc3cccc(CN4CCC5(CC4)CN(C(=O)CCCOCc4ccccc4)CCO5)c3)C3CCCCC3)ccc(O)c2N1. The molecular formula is C51H68F3N5O10. The van der Waals surface area contributed by atoms with Gasteiger partial charge in [0, 0.05) is 64.9 Å². The van der Waals surface area contributed by atoms with Crippen LogP contribution in [0, 0.1) is 0 Å². The van der Waals surface area contributed by atoms with E-state index >= 15 is 0 Å². The van der Waals surface area contributed by atoms with E-state index in [1.807, 2.05) is 29.2 Å². The number of morpholine rings is 1. The zero-order chi connectivity index (χ0) is 49.1. The monoisotopic (exact) mass is 967 g/mol. The Labute approximate surface area is 402 Å². The first-order valence-electron chi connectivity index (χ1n) is 24.3. The fraction of sp³-hybridized carbons (Fsp3) is 0.569. The number of piperidine rings is 1. The molecule has 1 aliphatic carbocycles. The van der Waals surface area contributed by atoms with E-state index in [1.54, 1.807) is 6.07 Å². The molecule has 1 saturated carbocycles. The Hall–Kier alpha value is -5.27. The van der Waals surface area contributed by atoms with E-state index < -0.39 is 12.1 Å². The van der Waals surface area contributed by atoms with Crippen LogP contribution in [-0.4, -0.2) is 145 Å². The summed E-state index contributed by atoms with van der Waals surface area (Å²) in [5, 5.41) is 23.5. The van der Waals surface area contributed by atoms with Crippen LogP contribution in [0.25, 0.3) is 0 Å². The quantitative estimate of drug-likeness (QED) is 0.0675. The third-order valence-corrected chi connectivity index (χ3v) is 13.1. The molecule has 3 aromatic rings. The number of ether oxygens (including phenoxy) is 4. The highest BCUT2D eigenvalue weighted by molar-refractivity contribution is 5.97. The Morgan fingerprint density at radius 1 is 0.870 bits per heavy atom. The minimum absolute atomic E-state index is 0.00435. The summed E-state index contributed by atoms with van der Waals surface area (Å²) in [6, 6.07) is 22.6. The Morgan fingerprint density at radius 2 is 1.61 bits per heavy atom. The molecule has 3 amide bonds. The van der Waals surface area contributed by atoms with Crippen molar-refractivity contribution < 1.29 is 61.5 Å². The smallest absolute Gasteiger partial charge is 0.490 e. The molecule has 3 heterocycles. The summed E-state index contributed by atoms with van der Waals surface area (Å²) >= 11 is 0. The summed E-state index contributed by atoms with van der Waals surface area (Å²) in [6.45, 7) is 8.73. The van der Waals surface area contributed by atoms with Crippen LogP contribution in [0.4, 0.5) is 18.9 Å². The number of carboxylic acid groups (broad SMARTS) is 1. The minimum atomic E-state index is -5.08. The first-order valence-corrected chi connectivity index (χ1v) is 24.3. The average molecular weight is 968 g/mol. The summed E-state index contributed by atoms with van der Waals surface area (Å²) in [7, 11) is 0. The van der Waals surface area contributed by atoms with Gasteiger partial charge >= 0.3 is 12.1 Å². The highest BCUT2D eigenvalue weighted by Crippen LogP contribution is 2.39. The lowest BCUT2D eigenvalue weighted by Gasteiger charge is -2.47. The number of phenolic OH excluding ortho intramolecular Hbond substituents is 1. The first kappa shape index (κ1) is 53.1. The molecule has 378 valence electrons. The van der Waals surface area contributed by atoms with Crippen molar-refractivity contribution in [3.8, 4) is 11.5 Å². The van der Waals surface area contributed by atoms with Crippen molar-refractivity contribution in [3.05, 3.63) is 89.0 Å². The molecule has 69 heavy (non-hydrogen) atoms. The number of aromatic hydroxyl groups is 1. The number of phenols is 1. The molecule has 7 rings (SSSR count). The van der Waals surface area contributed by atoms with Crippen LogP contribution < -0.4 is 15.4 Å². The van der Waals surface area contributed by atoms with E-state index in [0.717, 1.165) is 82.1 Å². The number of carbonyl (C=O) groups excluding carboxylic acids is 3. The van der Waals surface area contributed by atoms with Gasteiger partial charge in [0.15, 0.2) is 12.4 Å². The Morgan fingerprint density at radius 3 is 2.36 bits per heavy atom. The van der Waals surface area contributed by atoms with Gasteiger partial charge in [-0.05, 0) is 79.8 Å². The molecule has 0 bridgehead atoms. The molecule has 0 atom stereocenters. The second-order valence-corrected chi connectivity index (χ2v) is 18.2. The van der Waals surface area contributed by atoms with Crippen LogP contribution in [0.3, 0.4) is 0 Å². The number of halogens is 3. The number of benzene rings is 3. The van der Waals surface area contributed by atoms with Gasteiger partial charge in [-0.15, -0.1) is 0 Å². The second-order valence-electron chi connectivity index (χ2n) is 18.2. The number of hydrogen-bond acceptors (Lipinski definition) is 11. The number of carboxylic acids is 1. The maximum absolute atomic E-state index is 13.6. The molecular weight excluding hydrogens is 900 g/mol. The van der Waals surface area contributed by atoms with Gasteiger partial charge in [0.05, 0.1) is 38.4 Å². The lowest BCUT2D eigenvalue weighted by molar-refractivity contribution is -0.192. The average Bonchev–Trinajstić information content (AvgIpc) is 3.34. The largest absolute Gasteiger partial charge is 0.506 e. The molecule has 0 aromatic heterocycles. The maximum Gasteiger partial charge on any atom is 0.490 e. The van der Waals surface area contributed by atoms with Crippen molar-refractivity contribution in [2.24, 2.45) is 0 Å². The van der Waals surface area contributed by atoms with E-state index in [2.05, 4.69) is 56.8 Å². The molecule has 0 unspecified atom stereocenters. The number of hydrogen-bond donors (Lipinski definition) is 4. The highest BCUT2D eigenvalue weighted by atomic mass is 19.4. The van der Waals surface area contributed by atoms with E-state index in [1.165, 1.54) is 17.5 Å². The van der Waals surface area contributed by atoms with E-state index in [4.69, 9.17) is 28.8 Å². The van der Waals surface area contributed by atoms with Crippen LogP contribution in [0.1, 0.15) is 86.5 Å². The van der Waals surface area contributed by atoms with Crippen LogP contribution >= 0.6 is 0 Å². The van der Waals surface area contributed by atoms with Crippen LogP contribution in [0.2, 0.25) is 0 Å². The molecule has 3 aliphatic heterocycles. The number of carbonyl (C=O) groups is 4. The van der Waals surface area contributed by atoms with Gasteiger partial charge in [0.1, 0.15) is 11.4 Å². The molecule has 0 radical (unpaired) electrons. The molecule has 18 heteroatoms. The van der Waals surface area contributed by atoms with Crippen molar-refractivity contribution in [2.45, 2.75) is 108 Å². The molecule has 2 saturated heterocycles. The fourth-order valence-electron chi connectivity index (χ4n) is 9.33. The number of alkyl halides is 3. The lowest BCUT2D eigenvalue weighted by atomic mass is 9.89. The molecule has 4 aliphatic rings.